The van der Waals surface area contributed by atoms with Gasteiger partial charge in [0.15, 0.2) is 0 Å². The van der Waals surface area contributed by atoms with Crippen molar-refractivity contribution < 1.29 is 43.0 Å². The summed E-state index contributed by atoms with van der Waals surface area (Å²) >= 11 is 0. The third kappa shape index (κ3) is 8.57. The van der Waals surface area contributed by atoms with Gasteiger partial charge in [0.1, 0.15) is 0 Å². The number of aromatic nitrogens is 4. The predicted octanol–water partition coefficient (Wildman–Crippen LogP) is 12.5. The van der Waals surface area contributed by atoms with Crippen LogP contribution < -0.4 is 9.80 Å². The Balaban J connectivity index is 0.00000528. The van der Waals surface area contributed by atoms with Crippen LogP contribution in [0.3, 0.4) is 0 Å². The molecule has 8 aromatic rings. The number of anilines is 6. The summed E-state index contributed by atoms with van der Waals surface area (Å²) in [7, 11) is 0. The van der Waals surface area contributed by atoms with E-state index in [2.05, 4.69) is 17.4 Å². The van der Waals surface area contributed by atoms with E-state index < -0.39 is 28.9 Å². The molecule has 0 atom stereocenters. The Morgan fingerprint density at radius 1 is 0.542 bits per heavy atom. The molecule has 0 N–H and O–H groups in total. The fourth-order valence-corrected chi connectivity index (χ4v) is 6.67. The van der Waals surface area contributed by atoms with E-state index in [0.29, 0.717) is 22.8 Å². The van der Waals surface area contributed by atoms with Crippen LogP contribution in [-0.4, -0.2) is 19.7 Å². The van der Waals surface area contributed by atoms with Crippen LogP contribution >= 0.6 is 0 Å². The normalized spacial score (nSPS) is 11.5. The van der Waals surface area contributed by atoms with E-state index in [4.69, 9.17) is 9.97 Å². The zero-order valence-corrected chi connectivity index (χ0v) is 33.7. The number of rotatable bonds is 10. The van der Waals surface area contributed by atoms with Crippen molar-refractivity contribution in [3.63, 3.8) is 0 Å². The number of nitrogens with zero attached hydrogens (tertiary/aromatic N) is 6. The SMILES string of the molecule is CC(C)(c1cc(N(c2ccccc2)c2ccccc2)cc(-c2[c-]cc(F)cc2F)n1)c1cc(N(c2ccccc2)c2ccccc2)cc(-n2[c-]cc(C(F)(F)F)n2)n1.[Pt+2]. The Hall–Kier alpha value is -6.45. The van der Waals surface area contributed by atoms with E-state index in [0.717, 1.165) is 45.6 Å². The molecule has 3 heterocycles. The molecule has 0 unspecified atom stereocenters. The minimum atomic E-state index is -4.71. The van der Waals surface area contributed by atoms with Gasteiger partial charge in [-0.05, 0) is 86.3 Å². The van der Waals surface area contributed by atoms with Crippen LogP contribution in [0.1, 0.15) is 30.9 Å². The van der Waals surface area contributed by atoms with Gasteiger partial charge >= 0.3 is 27.2 Å². The number of hydrogen-bond donors (Lipinski definition) is 0. The average Bonchev–Trinajstić information content (AvgIpc) is 3.75. The zero-order chi connectivity index (χ0) is 40.4. The van der Waals surface area contributed by atoms with Gasteiger partial charge in [0.05, 0.1) is 11.5 Å². The molecule has 59 heavy (non-hydrogen) atoms. The van der Waals surface area contributed by atoms with Crippen LogP contribution in [0.5, 0.6) is 0 Å². The summed E-state index contributed by atoms with van der Waals surface area (Å²) in [6.45, 7) is 3.75. The maximum atomic E-state index is 15.6. The molecule has 12 heteroatoms. The first kappa shape index (κ1) is 40.7. The van der Waals surface area contributed by atoms with Crippen LogP contribution in [0, 0.1) is 23.9 Å². The van der Waals surface area contributed by atoms with Gasteiger partial charge in [0.25, 0.3) is 0 Å². The quantitative estimate of drug-likeness (QED) is 0.101. The monoisotopic (exact) mass is 971 g/mol. The predicted molar refractivity (Wildman–Crippen MR) is 215 cm³/mol. The molecule has 5 aromatic carbocycles. The van der Waals surface area contributed by atoms with Gasteiger partial charge in [-0.15, -0.1) is 18.2 Å². The van der Waals surface area contributed by atoms with Gasteiger partial charge in [-0.3, -0.25) is 18.9 Å². The largest absolute Gasteiger partial charge is 2.00 e. The van der Waals surface area contributed by atoms with E-state index in [-0.39, 0.29) is 38.1 Å². The molecule has 0 spiro atoms. The van der Waals surface area contributed by atoms with Crippen molar-refractivity contribution in [2.45, 2.75) is 25.4 Å². The summed E-state index contributed by atoms with van der Waals surface area (Å²) < 4.78 is 72.4. The van der Waals surface area contributed by atoms with Gasteiger partial charge in [-0.1, -0.05) is 96.7 Å². The molecule has 0 saturated heterocycles. The Morgan fingerprint density at radius 3 is 1.44 bits per heavy atom. The molecule has 8 rings (SSSR count). The molecular formula is C47H33F5N6Pt. The summed E-state index contributed by atoms with van der Waals surface area (Å²) in [6.07, 6.45) is -2.11. The van der Waals surface area contributed by atoms with Crippen molar-refractivity contribution in [3.8, 4) is 17.1 Å². The van der Waals surface area contributed by atoms with Crippen LogP contribution in [0.4, 0.5) is 56.1 Å². The molecule has 0 radical (unpaired) electrons. The number of para-hydroxylation sites is 4. The third-order valence-corrected chi connectivity index (χ3v) is 9.61. The topological polar surface area (TPSA) is 50.1 Å². The molecule has 3 aromatic heterocycles. The van der Waals surface area contributed by atoms with Gasteiger partial charge in [-0.2, -0.15) is 13.2 Å². The van der Waals surface area contributed by atoms with Gasteiger partial charge in [0, 0.05) is 62.6 Å². The molecule has 0 aliphatic heterocycles. The number of halogens is 5. The minimum Gasteiger partial charge on any atom is -0.343 e. The van der Waals surface area contributed by atoms with E-state index >= 15 is 4.39 Å². The summed E-state index contributed by atoms with van der Waals surface area (Å²) in [5.74, 6) is -1.57. The second-order valence-corrected chi connectivity index (χ2v) is 13.9. The number of hydrogen-bond acceptors (Lipinski definition) is 5. The Labute approximate surface area is 352 Å². The van der Waals surface area contributed by atoms with Crippen molar-refractivity contribution in [1.82, 2.24) is 19.7 Å². The molecule has 0 saturated carbocycles. The van der Waals surface area contributed by atoms with Gasteiger partial charge < -0.3 is 19.5 Å². The summed E-state index contributed by atoms with van der Waals surface area (Å²) in [6, 6.07) is 50.7. The van der Waals surface area contributed by atoms with E-state index in [9.17, 15) is 17.6 Å². The first-order valence-corrected chi connectivity index (χ1v) is 18.2. The Bertz CT molecular complexity index is 2600. The molecule has 0 aliphatic rings. The van der Waals surface area contributed by atoms with Gasteiger partial charge in [0.2, 0.25) is 0 Å². The van der Waals surface area contributed by atoms with E-state index in [1.807, 2.05) is 157 Å². The van der Waals surface area contributed by atoms with Crippen molar-refractivity contribution in [2.24, 2.45) is 0 Å². The van der Waals surface area contributed by atoms with Crippen molar-refractivity contribution in [3.05, 3.63) is 205 Å². The third-order valence-electron chi connectivity index (χ3n) is 9.61. The molecule has 0 fully saturated rings. The minimum absolute atomic E-state index is 0. The second kappa shape index (κ2) is 16.8. The van der Waals surface area contributed by atoms with E-state index in [1.165, 1.54) is 0 Å². The maximum absolute atomic E-state index is 15.6. The van der Waals surface area contributed by atoms with Crippen LogP contribution in [0.25, 0.3) is 17.1 Å². The summed E-state index contributed by atoms with van der Waals surface area (Å²) in [5, 5.41) is 3.83. The van der Waals surface area contributed by atoms with Gasteiger partial charge in [-0.25, -0.2) is 0 Å². The smallest absolute Gasteiger partial charge is 0.343 e. The fraction of sp³-hybridized carbons (Fsp3) is 0.0851. The number of benzene rings is 5. The van der Waals surface area contributed by atoms with Crippen molar-refractivity contribution in [2.75, 3.05) is 9.80 Å². The Morgan fingerprint density at radius 2 is 1.00 bits per heavy atom. The summed E-state index contributed by atoms with van der Waals surface area (Å²) in [5.41, 5.74) is 3.04. The van der Waals surface area contributed by atoms with Crippen molar-refractivity contribution in [1.29, 1.82) is 0 Å². The average molecular weight is 972 g/mol. The van der Waals surface area contributed by atoms with Crippen LogP contribution in [-0.2, 0) is 32.7 Å². The number of pyridine rings is 2. The van der Waals surface area contributed by atoms with Crippen LogP contribution in [0.15, 0.2) is 164 Å². The van der Waals surface area contributed by atoms with Crippen LogP contribution in [0.2, 0.25) is 0 Å². The Kier molecular flexibility index (Phi) is 11.6. The zero-order valence-electron chi connectivity index (χ0n) is 31.5. The first-order chi connectivity index (χ1) is 28.0. The maximum Gasteiger partial charge on any atom is 2.00 e. The fourth-order valence-electron chi connectivity index (χ4n) is 6.67. The van der Waals surface area contributed by atoms with Crippen molar-refractivity contribution >= 4 is 34.1 Å². The molecular weight excluding hydrogens is 939 g/mol. The molecule has 0 bridgehead atoms. The number of alkyl halides is 3. The van der Waals surface area contributed by atoms with E-state index in [1.54, 1.807) is 12.1 Å². The second-order valence-electron chi connectivity index (χ2n) is 13.9. The molecule has 6 nitrogen and oxygen atoms in total. The first-order valence-electron chi connectivity index (χ1n) is 18.2. The molecule has 0 aliphatic carbocycles. The molecule has 296 valence electrons. The summed E-state index contributed by atoms with van der Waals surface area (Å²) in [4.78, 5) is 13.9. The standard InChI is InChI=1S/C47H33F5N6.Pt/c1-46(2,43-29-37(28-41(53-43)39-24-23-32(48)27-40(39)49)57(33-15-7-3-8-16-33)34-17-9-4-10-18-34)44-30-38(31-45(54-44)56-26-25-42(55-56)47(50,51)52)58(35-19-11-5-12-20-35)36-21-13-6-14-22-36;/h3-23,25,27-31H,1-2H3;/q-2;+2. The molecule has 0 amide bonds.